The molecule has 2 aliphatic heterocycles. The zero-order valence-electron chi connectivity index (χ0n) is 21.9. The van der Waals surface area contributed by atoms with Crippen molar-refractivity contribution in [1.29, 1.82) is 0 Å². The number of hydrogen-bond acceptors (Lipinski definition) is 9. The van der Waals surface area contributed by atoms with E-state index in [1.54, 1.807) is 25.3 Å². The summed E-state index contributed by atoms with van der Waals surface area (Å²) in [7, 11) is 1.59. The predicted octanol–water partition coefficient (Wildman–Crippen LogP) is 2.42. The number of carbonyl (C=O) groups is 2. The van der Waals surface area contributed by atoms with Crippen molar-refractivity contribution >= 4 is 41.0 Å². The lowest BCUT2D eigenvalue weighted by molar-refractivity contribution is -0.118. The fraction of sp³-hybridized carbons (Fsp3) is 0.538. The molecule has 1 N–H and O–H groups in total. The highest BCUT2D eigenvalue weighted by Gasteiger charge is 2.29. The van der Waals surface area contributed by atoms with Gasteiger partial charge >= 0.3 is 0 Å². The number of nitrogens with one attached hydrogen (secondary N) is 1. The number of rotatable bonds is 10. The number of amides is 2. The highest BCUT2D eigenvalue weighted by Crippen LogP contribution is 2.25. The molecule has 0 aliphatic carbocycles. The highest BCUT2D eigenvalue weighted by atomic mass is 35.5. The number of benzene rings is 1. The highest BCUT2D eigenvalue weighted by molar-refractivity contribution is 7.99. The van der Waals surface area contributed by atoms with Crippen LogP contribution in [0.2, 0.25) is 5.15 Å². The largest absolute Gasteiger partial charge is 0.497 e. The van der Waals surface area contributed by atoms with Crippen LogP contribution in [0.5, 0.6) is 5.75 Å². The van der Waals surface area contributed by atoms with Gasteiger partial charge in [-0.3, -0.25) is 14.5 Å². The van der Waals surface area contributed by atoms with Crippen LogP contribution in [0, 0.1) is 0 Å². The van der Waals surface area contributed by atoms with Crippen LogP contribution in [0.4, 0.5) is 5.82 Å². The predicted molar refractivity (Wildman–Crippen MR) is 148 cm³/mol. The second-order valence-electron chi connectivity index (χ2n) is 9.30. The summed E-state index contributed by atoms with van der Waals surface area (Å²) in [6, 6.07) is 8.90. The average Bonchev–Trinajstić information content (AvgIpc) is 2.94. The van der Waals surface area contributed by atoms with Gasteiger partial charge in [-0.1, -0.05) is 29.4 Å². The maximum atomic E-state index is 13.1. The summed E-state index contributed by atoms with van der Waals surface area (Å²) in [6.07, 6.45) is 0.901. The molecule has 0 spiro atoms. The molecular formula is C26H35ClN6O4S. The van der Waals surface area contributed by atoms with Crippen molar-refractivity contribution in [1.82, 2.24) is 25.1 Å². The number of ether oxygens (including phenoxy) is 2. The number of piperazine rings is 1. The monoisotopic (exact) mass is 562 g/mol. The van der Waals surface area contributed by atoms with Crippen LogP contribution < -0.4 is 15.0 Å². The summed E-state index contributed by atoms with van der Waals surface area (Å²) in [5.41, 5.74) is 0.604. The van der Waals surface area contributed by atoms with Crippen LogP contribution in [0.1, 0.15) is 23.7 Å². The van der Waals surface area contributed by atoms with Crippen molar-refractivity contribution in [2.45, 2.75) is 24.5 Å². The van der Waals surface area contributed by atoms with Crippen LogP contribution in [-0.4, -0.2) is 110 Å². The van der Waals surface area contributed by atoms with E-state index in [1.807, 2.05) is 24.0 Å². The van der Waals surface area contributed by atoms with Gasteiger partial charge in [0.1, 0.15) is 16.7 Å². The van der Waals surface area contributed by atoms with E-state index in [1.165, 1.54) is 11.8 Å². The van der Waals surface area contributed by atoms with Crippen LogP contribution in [0.3, 0.4) is 0 Å². The Bertz CT molecular complexity index is 1100. The van der Waals surface area contributed by atoms with Gasteiger partial charge in [0.25, 0.3) is 5.91 Å². The van der Waals surface area contributed by atoms with Crippen LogP contribution in [0.25, 0.3) is 0 Å². The van der Waals surface area contributed by atoms with Crippen molar-refractivity contribution in [3.8, 4) is 5.75 Å². The van der Waals surface area contributed by atoms with E-state index >= 15 is 0 Å². The molecule has 2 saturated heterocycles. The number of carbonyl (C=O) groups excluding carboxylic acids is 2. The Morgan fingerprint density at radius 1 is 1.18 bits per heavy atom. The molecule has 4 rings (SSSR count). The van der Waals surface area contributed by atoms with Crippen LogP contribution in [0.15, 0.2) is 35.5 Å². The molecule has 1 atom stereocenters. The maximum Gasteiger partial charge on any atom is 0.254 e. The number of hydrogen-bond donors (Lipinski definition) is 1. The number of thioether (sulfide) groups is 1. The molecule has 0 bridgehead atoms. The first kappa shape index (κ1) is 28.4. The van der Waals surface area contributed by atoms with Crippen LogP contribution >= 0.6 is 23.4 Å². The summed E-state index contributed by atoms with van der Waals surface area (Å²) in [5, 5.41) is 3.75. The van der Waals surface area contributed by atoms with E-state index < -0.39 is 0 Å². The Morgan fingerprint density at radius 2 is 2.00 bits per heavy atom. The van der Waals surface area contributed by atoms with Crippen molar-refractivity contribution in [3.05, 3.63) is 41.0 Å². The molecule has 38 heavy (non-hydrogen) atoms. The second-order valence-corrected chi connectivity index (χ2v) is 10.6. The Labute approximate surface area is 233 Å². The molecule has 1 aromatic carbocycles. The number of anilines is 1. The van der Waals surface area contributed by atoms with Gasteiger partial charge in [-0.2, -0.15) is 0 Å². The molecule has 3 heterocycles. The van der Waals surface area contributed by atoms with E-state index in [0.29, 0.717) is 53.6 Å². The van der Waals surface area contributed by atoms with Gasteiger partial charge in [-0.05, 0) is 38.1 Å². The molecule has 2 aliphatic rings. The van der Waals surface area contributed by atoms with Crippen molar-refractivity contribution < 1.29 is 19.1 Å². The van der Waals surface area contributed by atoms with Gasteiger partial charge in [0.05, 0.1) is 26.1 Å². The van der Waals surface area contributed by atoms with Gasteiger partial charge in [0, 0.05) is 56.9 Å². The number of methoxy groups -OCH3 is 1. The summed E-state index contributed by atoms with van der Waals surface area (Å²) in [6.45, 7) is 8.83. The summed E-state index contributed by atoms with van der Waals surface area (Å²) in [4.78, 5) is 40.7. The molecule has 10 nitrogen and oxygen atoms in total. The molecule has 2 fully saturated rings. The Hall–Kier alpha value is -2.60. The zero-order chi connectivity index (χ0) is 26.9. The molecular weight excluding hydrogens is 528 g/mol. The third kappa shape index (κ3) is 7.95. The Balaban J connectivity index is 1.26. The molecule has 0 saturated carbocycles. The number of halogens is 1. The SMILES string of the molecule is COc1cccc(C(=O)N2CCN(c3cc(Cl)nc(SCC(=O)NCCCN4CCOCC4)n3)CC2C)c1. The number of nitrogens with zero attached hydrogens (tertiary/aromatic N) is 5. The summed E-state index contributed by atoms with van der Waals surface area (Å²) in [5.74, 6) is 1.49. The molecule has 2 aromatic rings. The molecule has 0 radical (unpaired) electrons. The van der Waals surface area contributed by atoms with Crippen LogP contribution in [-0.2, 0) is 9.53 Å². The van der Waals surface area contributed by atoms with Gasteiger partial charge in [0.2, 0.25) is 5.91 Å². The maximum absolute atomic E-state index is 13.1. The fourth-order valence-electron chi connectivity index (χ4n) is 4.54. The fourth-order valence-corrected chi connectivity index (χ4v) is 5.45. The van der Waals surface area contributed by atoms with Gasteiger partial charge in [-0.25, -0.2) is 9.97 Å². The van der Waals surface area contributed by atoms with Gasteiger partial charge in [0.15, 0.2) is 5.16 Å². The molecule has 1 aromatic heterocycles. The van der Waals surface area contributed by atoms with Crippen molar-refractivity contribution in [2.24, 2.45) is 0 Å². The minimum atomic E-state index is -0.0552. The Kier molecular flexibility index (Phi) is 10.4. The molecule has 1 unspecified atom stereocenters. The minimum absolute atomic E-state index is 0.0241. The van der Waals surface area contributed by atoms with Gasteiger partial charge in [-0.15, -0.1) is 0 Å². The normalized spacial score (nSPS) is 18.3. The minimum Gasteiger partial charge on any atom is -0.497 e. The Morgan fingerprint density at radius 3 is 2.76 bits per heavy atom. The quantitative estimate of drug-likeness (QED) is 0.202. The molecule has 12 heteroatoms. The average molecular weight is 563 g/mol. The van der Waals surface area contributed by atoms with Crippen molar-refractivity contribution in [3.63, 3.8) is 0 Å². The molecule has 2 amide bonds. The zero-order valence-corrected chi connectivity index (χ0v) is 23.5. The van der Waals surface area contributed by atoms with E-state index in [2.05, 4.69) is 25.1 Å². The number of morpholine rings is 1. The molecule has 206 valence electrons. The second kappa shape index (κ2) is 14.0. The summed E-state index contributed by atoms with van der Waals surface area (Å²) < 4.78 is 10.6. The lowest BCUT2D eigenvalue weighted by atomic mass is 10.1. The summed E-state index contributed by atoms with van der Waals surface area (Å²) >= 11 is 7.57. The van der Waals surface area contributed by atoms with E-state index in [9.17, 15) is 9.59 Å². The third-order valence-corrected chi connectivity index (χ3v) is 7.64. The van der Waals surface area contributed by atoms with Crippen molar-refractivity contribution in [2.75, 3.05) is 76.8 Å². The first-order chi connectivity index (χ1) is 18.4. The lowest BCUT2D eigenvalue weighted by Gasteiger charge is -2.40. The van der Waals surface area contributed by atoms with E-state index in [0.717, 1.165) is 39.3 Å². The first-order valence-corrected chi connectivity index (χ1v) is 14.2. The standard InChI is InChI=1S/C26H35ClN6O4S/c1-19-17-32(9-10-33(19)25(35)20-5-3-6-21(15-20)36-2)23-16-22(27)29-26(30-23)38-18-24(34)28-7-4-8-31-11-13-37-14-12-31/h3,5-6,15-16,19H,4,7-14,17-18H2,1-2H3,(H,28,34). The number of aromatic nitrogens is 2. The smallest absolute Gasteiger partial charge is 0.254 e. The van der Waals surface area contributed by atoms with Gasteiger partial charge < -0.3 is 24.6 Å². The van der Waals surface area contributed by atoms with E-state index in [-0.39, 0.29) is 23.6 Å². The van der Waals surface area contributed by atoms with E-state index in [4.69, 9.17) is 21.1 Å². The lowest BCUT2D eigenvalue weighted by Crippen LogP contribution is -2.54. The first-order valence-electron chi connectivity index (χ1n) is 12.9. The topological polar surface area (TPSA) is 100 Å². The third-order valence-electron chi connectivity index (χ3n) is 6.60.